The Balaban J connectivity index is 1.95. The zero-order valence-electron chi connectivity index (χ0n) is 14.8. The monoisotopic (exact) mass is 389 g/mol. The number of nitrogens with one attached hydrogen (secondary N) is 1. The molecule has 0 aliphatic carbocycles. The van der Waals surface area contributed by atoms with Crippen LogP contribution in [0.2, 0.25) is 0 Å². The molecule has 27 heavy (non-hydrogen) atoms. The maximum Gasteiger partial charge on any atom is 0.245 e. The number of rotatable bonds is 7. The second-order valence-corrected chi connectivity index (χ2v) is 7.49. The number of benzene rings is 1. The summed E-state index contributed by atoms with van der Waals surface area (Å²) in [6.45, 7) is 0.708. The summed E-state index contributed by atoms with van der Waals surface area (Å²) < 4.78 is 35.6. The van der Waals surface area contributed by atoms with Crippen molar-refractivity contribution >= 4 is 32.7 Å². The van der Waals surface area contributed by atoms with Crippen LogP contribution in [0, 0.1) is 0 Å². The second-order valence-electron chi connectivity index (χ2n) is 5.74. The predicted molar refractivity (Wildman–Crippen MR) is 103 cm³/mol. The van der Waals surface area contributed by atoms with E-state index in [9.17, 15) is 8.42 Å². The molecule has 0 fully saturated rings. The first-order valence-corrected chi connectivity index (χ1v) is 9.89. The van der Waals surface area contributed by atoms with E-state index in [4.69, 9.17) is 15.2 Å². The molecule has 3 rings (SSSR count). The van der Waals surface area contributed by atoms with Crippen LogP contribution in [0.25, 0.3) is 22.3 Å². The van der Waals surface area contributed by atoms with E-state index in [0.29, 0.717) is 35.6 Å². The van der Waals surface area contributed by atoms with Gasteiger partial charge >= 0.3 is 0 Å². The number of nitrogens with two attached hydrogens (primary N) is 1. The normalized spacial score (nSPS) is 11.5. The number of anilines is 2. The Morgan fingerprint density at radius 2 is 1.78 bits per heavy atom. The number of hydrogen-bond donors (Lipinski definition) is 2. The average Bonchev–Trinajstić information content (AvgIpc) is 2.61. The smallest absolute Gasteiger partial charge is 0.245 e. The van der Waals surface area contributed by atoms with Gasteiger partial charge in [0.05, 0.1) is 24.1 Å². The van der Waals surface area contributed by atoms with Crippen LogP contribution >= 0.6 is 0 Å². The summed E-state index contributed by atoms with van der Waals surface area (Å²) in [4.78, 5) is 12.9. The Labute approximate surface area is 156 Å². The van der Waals surface area contributed by atoms with Gasteiger partial charge in [-0.2, -0.15) is 4.98 Å². The number of ether oxygens (including phenoxy) is 2. The van der Waals surface area contributed by atoms with Crippen LogP contribution in [0.4, 0.5) is 11.6 Å². The van der Waals surface area contributed by atoms with Crippen molar-refractivity contribution in [2.24, 2.45) is 0 Å². The van der Waals surface area contributed by atoms with Crippen LogP contribution in [0.3, 0.4) is 0 Å². The van der Waals surface area contributed by atoms with Crippen molar-refractivity contribution in [1.82, 2.24) is 15.0 Å². The topological polar surface area (TPSA) is 129 Å². The Hall–Kier alpha value is -2.98. The largest absolute Gasteiger partial charge is 0.474 e. The highest BCUT2D eigenvalue weighted by Crippen LogP contribution is 2.26. The van der Waals surface area contributed by atoms with E-state index >= 15 is 0 Å². The number of pyridine rings is 1. The van der Waals surface area contributed by atoms with Crippen LogP contribution in [0.15, 0.2) is 36.4 Å². The fourth-order valence-electron chi connectivity index (χ4n) is 2.41. The molecule has 0 saturated carbocycles. The van der Waals surface area contributed by atoms with Crippen LogP contribution < -0.4 is 15.2 Å². The average molecular weight is 389 g/mol. The zero-order valence-corrected chi connectivity index (χ0v) is 15.7. The first kappa shape index (κ1) is 18.8. The summed E-state index contributed by atoms with van der Waals surface area (Å²) in [6, 6.07) is 10.4. The number of nitrogens with zero attached hydrogens (tertiary/aromatic N) is 3. The number of hydrogen-bond acceptors (Lipinski definition) is 8. The molecule has 3 N–H and O–H groups in total. The standard InChI is InChI=1S/C17H19N5O4S/c1-25-9-10-26-16-15-14(20-17(18)21-16)8-7-13(19-15)11-3-5-12(6-4-11)22-27(2,23)24/h3-8,22H,9-10H2,1-2H3,(H2,18,20,21). The summed E-state index contributed by atoms with van der Waals surface area (Å²) in [5, 5.41) is 0. The lowest BCUT2D eigenvalue weighted by Crippen LogP contribution is -2.09. The van der Waals surface area contributed by atoms with Crippen molar-refractivity contribution < 1.29 is 17.9 Å². The fourth-order valence-corrected chi connectivity index (χ4v) is 2.98. The zero-order chi connectivity index (χ0) is 19.4. The van der Waals surface area contributed by atoms with Gasteiger partial charge in [-0.05, 0) is 24.3 Å². The molecule has 0 unspecified atom stereocenters. The van der Waals surface area contributed by atoms with Gasteiger partial charge in [0.15, 0.2) is 5.52 Å². The van der Waals surface area contributed by atoms with E-state index < -0.39 is 10.0 Å². The third kappa shape index (κ3) is 4.80. The molecular weight excluding hydrogens is 370 g/mol. The molecule has 0 aliphatic rings. The van der Waals surface area contributed by atoms with E-state index in [0.717, 1.165) is 11.8 Å². The molecule has 0 saturated heterocycles. The van der Waals surface area contributed by atoms with E-state index in [1.807, 2.05) is 0 Å². The first-order chi connectivity index (χ1) is 12.9. The summed E-state index contributed by atoms with van der Waals surface area (Å²) in [6.07, 6.45) is 1.10. The van der Waals surface area contributed by atoms with Gasteiger partial charge in [0.2, 0.25) is 21.9 Å². The van der Waals surface area contributed by atoms with Gasteiger partial charge < -0.3 is 15.2 Å². The van der Waals surface area contributed by atoms with Gasteiger partial charge in [0, 0.05) is 18.4 Å². The highest BCUT2D eigenvalue weighted by Gasteiger charge is 2.11. The van der Waals surface area contributed by atoms with Crippen molar-refractivity contribution in [2.75, 3.05) is 37.0 Å². The molecule has 0 amide bonds. The van der Waals surface area contributed by atoms with Gasteiger partial charge in [0.25, 0.3) is 0 Å². The third-order valence-electron chi connectivity index (χ3n) is 3.54. The van der Waals surface area contributed by atoms with Crippen LogP contribution in [-0.4, -0.2) is 49.9 Å². The van der Waals surface area contributed by atoms with Gasteiger partial charge in [-0.15, -0.1) is 0 Å². The van der Waals surface area contributed by atoms with Crippen molar-refractivity contribution in [2.45, 2.75) is 0 Å². The maximum atomic E-state index is 11.3. The summed E-state index contributed by atoms with van der Waals surface area (Å²) in [5.74, 6) is 0.382. The third-order valence-corrected chi connectivity index (χ3v) is 4.14. The molecule has 9 nitrogen and oxygen atoms in total. The lowest BCUT2D eigenvalue weighted by atomic mass is 10.1. The molecule has 0 radical (unpaired) electrons. The molecule has 1 aromatic carbocycles. The molecule has 0 aliphatic heterocycles. The highest BCUT2D eigenvalue weighted by atomic mass is 32.2. The quantitative estimate of drug-likeness (QED) is 0.584. The SMILES string of the molecule is COCCOc1nc(N)nc2ccc(-c3ccc(NS(C)(=O)=O)cc3)nc12. The van der Waals surface area contributed by atoms with Gasteiger partial charge in [-0.3, -0.25) is 4.72 Å². The second kappa shape index (κ2) is 7.72. The molecular formula is C17H19N5O4S. The molecule has 10 heteroatoms. The number of nitrogen functional groups attached to an aromatic ring is 1. The van der Waals surface area contributed by atoms with Gasteiger partial charge in [-0.25, -0.2) is 18.4 Å². The summed E-state index contributed by atoms with van der Waals surface area (Å²) in [7, 11) is -1.75. The molecule has 0 bridgehead atoms. The molecule has 142 valence electrons. The van der Waals surface area contributed by atoms with E-state index in [1.54, 1.807) is 43.5 Å². The van der Waals surface area contributed by atoms with Crippen molar-refractivity contribution in [1.29, 1.82) is 0 Å². The number of aromatic nitrogens is 3. The van der Waals surface area contributed by atoms with E-state index in [1.165, 1.54) is 0 Å². The van der Waals surface area contributed by atoms with Crippen LogP contribution in [-0.2, 0) is 14.8 Å². The minimum Gasteiger partial charge on any atom is -0.474 e. The van der Waals surface area contributed by atoms with Crippen LogP contribution in [0.1, 0.15) is 0 Å². The number of fused-ring (bicyclic) bond motifs is 1. The van der Waals surface area contributed by atoms with Gasteiger partial charge in [0.1, 0.15) is 6.61 Å². The Morgan fingerprint density at radius 1 is 1.04 bits per heavy atom. The Morgan fingerprint density at radius 3 is 2.44 bits per heavy atom. The number of sulfonamides is 1. The van der Waals surface area contributed by atoms with Crippen LogP contribution in [0.5, 0.6) is 5.88 Å². The Kier molecular flexibility index (Phi) is 5.38. The predicted octanol–water partition coefficient (Wildman–Crippen LogP) is 1.67. The molecule has 0 spiro atoms. The van der Waals surface area contributed by atoms with Crippen molar-refractivity contribution in [3.63, 3.8) is 0 Å². The van der Waals surface area contributed by atoms with Crippen molar-refractivity contribution in [3.8, 4) is 17.1 Å². The molecule has 3 aromatic rings. The molecule has 2 aromatic heterocycles. The molecule has 2 heterocycles. The summed E-state index contributed by atoms with van der Waals surface area (Å²) in [5.41, 5.74) is 8.71. The fraction of sp³-hybridized carbons (Fsp3) is 0.235. The lowest BCUT2D eigenvalue weighted by Gasteiger charge is -2.10. The van der Waals surface area contributed by atoms with E-state index in [-0.39, 0.29) is 11.8 Å². The minimum atomic E-state index is -3.33. The van der Waals surface area contributed by atoms with Crippen molar-refractivity contribution in [3.05, 3.63) is 36.4 Å². The molecule has 0 atom stereocenters. The van der Waals surface area contributed by atoms with E-state index in [2.05, 4.69) is 19.7 Å². The Bertz CT molecular complexity index is 1050. The minimum absolute atomic E-state index is 0.0978. The maximum absolute atomic E-state index is 11.3. The summed E-state index contributed by atoms with van der Waals surface area (Å²) >= 11 is 0. The first-order valence-electron chi connectivity index (χ1n) is 8.00. The lowest BCUT2D eigenvalue weighted by molar-refractivity contribution is 0.144. The van der Waals surface area contributed by atoms with Gasteiger partial charge in [-0.1, -0.05) is 12.1 Å². The highest BCUT2D eigenvalue weighted by molar-refractivity contribution is 7.92. The number of methoxy groups -OCH3 is 1.